The molecule has 0 amide bonds. The molecule has 0 bridgehead atoms. The van der Waals surface area contributed by atoms with Crippen LogP contribution in [0, 0.1) is 5.92 Å². The van der Waals surface area contributed by atoms with Gasteiger partial charge in [0.2, 0.25) is 0 Å². The molecule has 1 unspecified atom stereocenters. The van der Waals surface area contributed by atoms with Gasteiger partial charge in [-0.1, -0.05) is 26.0 Å². The second kappa shape index (κ2) is 9.26. The smallest absolute Gasteiger partial charge is 0.343 e. The van der Waals surface area contributed by atoms with E-state index in [0.29, 0.717) is 41.6 Å². The lowest BCUT2D eigenvalue weighted by atomic mass is 9.86. The molecule has 8 nitrogen and oxygen atoms in total. The molecule has 194 valence electrons. The van der Waals surface area contributed by atoms with E-state index in [1.807, 2.05) is 24.3 Å². The Morgan fingerprint density at radius 1 is 1.22 bits per heavy atom. The standard InChI is InChI=1S/C29H33N3O5/c1-3-29(35)22-14-24-25-20(16-32(24)27(33)21(22)17-37-28(29)34)26(19-9-5-6-10-23(19)30-25)36-13-11-18-8-7-12-31(4-2)15-18/h5-6,9-10,14,18,35H,3-4,7-8,11-13,15-17H2,1-2H3/t18?,29-/m0/s1. The first kappa shape index (κ1) is 24.1. The lowest BCUT2D eigenvalue weighted by molar-refractivity contribution is -0.172. The molecule has 1 fully saturated rings. The fourth-order valence-corrected chi connectivity index (χ4v) is 6.16. The predicted molar refractivity (Wildman–Crippen MR) is 139 cm³/mol. The number of rotatable bonds is 6. The topological polar surface area (TPSA) is 93.9 Å². The molecule has 0 radical (unpaired) electrons. The summed E-state index contributed by atoms with van der Waals surface area (Å²) in [5.41, 5.74) is 1.47. The van der Waals surface area contributed by atoms with Crippen molar-refractivity contribution in [3.8, 4) is 17.1 Å². The number of cyclic esters (lactones) is 1. The fourth-order valence-electron chi connectivity index (χ4n) is 6.16. The highest BCUT2D eigenvalue weighted by Crippen LogP contribution is 2.43. The van der Waals surface area contributed by atoms with Gasteiger partial charge in [0, 0.05) is 23.1 Å². The van der Waals surface area contributed by atoms with Gasteiger partial charge in [-0.3, -0.25) is 4.79 Å². The molecule has 8 heteroatoms. The number of aromatic nitrogens is 2. The maximum atomic E-state index is 13.6. The average Bonchev–Trinajstić information content (AvgIpc) is 3.29. The maximum Gasteiger partial charge on any atom is 0.343 e. The molecule has 3 aromatic rings. The molecule has 5 heterocycles. The number of hydrogen-bond donors (Lipinski definition) is 1. The predicted octanol–water partition coefficient (Wildman–Crippen LogP) is 3.58. The summed E-state index contributed by atoms with van der Waals surface area (Å²) in [5.74, 6) is 0.665. The van der Waals surface area contributed by atoms with E-state index in [0.717, 1.165) is 41.7 Å². The first-order valence-corrected chi connectivity index (χ1v) is 13.4. The zero-order valence-corrected chi connectivity index (χ0v) is 21.5. The molecule has 0 spiro atoms. The van der Waals surface area contributed by atoms with Crippen molar-refractivity contribution < 1.29 is 19.4 Å². The van der Waals surface area contributed by atoms with Crippen molar-refractivity contribution in [3.05, 3.63) is 57.4 Å². The van der Waals surface area contributed by atoms with Crippen molar-refractivity contribution in [1.82, 2.24) is 14.5 Å². The minimum atomic E-state index is -1.84. The van der Waals surface area contributed by atoms with E-state index in [9.17, 15) is 14.7 Å². The molecule has 3 aliphatic heterocycles. The number of esters is 1. The van der Waals surface area contributed by atoms with Gasteiger partial charge in [-0.2, -0.15) is 0 Å². The zero-order valence-electron chi connectivity index (χ0n) is 21.5. The van der Waals surface area contributed by atoms with Crippen LogP contribution in [0.5, 0.6) is 5.75 Å². The van der Waals surface area contributed by atoms with Crippen LogP contribution < -0.4 is 10.3 Å². The first-order valence-electron chi connectivity index (χ1n) is 13.4. The molecular formula is C29H33N3O5. The Bertz CT molecular complexity index is 1450. The number of benzene rings is 1. The molecular weight excluding hydrogens is 470 g/mol. The monoisotopic (exact) mass is 503 g/mol. The number of para-hydroxylation sites is 1. The van der Waals surface area contributed by atoms with Gasteiger partial charge in [0.25, 0.3) is 5.56 Å². The molecule has 1 N–H and O–H groups in total. The third-order valence-corrected chi connectivity index (χ3v) is 8.37. The van der Waals surface area contributed by atoms with Gasteiger partial charge in [0.1, 0.15) is 12.4 Å². The van der Waals surface area contributed by atoms with Crippen molar-refractivity contribution in [3.63, 3.8) is 0 Å². The van der Waals surface area contributed by atoms with Gasteiger partial charge >= 0.3 is 5.97 Å². The van der Waals surface area contributed by atoms with E-state index in [-0.39, 0.29) is 18.6 Å². The normalized spacial score (nSPS) is 22.9. The highest BCUT2D eigenvalue weighted by molar-refractivity contribution is 5.91. The van der Waals surface area contributed by atoms with Crippen molar-refractivity contribution in [2.45, 2.75) is 58.3 Å². The molecule has 3 aliphatic rings. The first-order chi connectivity index (χ1) is 17.9. The van der Waals surface area contributed by atoms with Crippen LogP contribution in [0.3, 0.4) is 0 Å². The number of piperidine rings is 1. The van der Waals surface area contributed by atoms with Gasteiger partial charge in [0.15, 0.2) is 5.60 Å². The third-order valence-electron chi connectivity index (χ3n) is 8.37. The van der Waals surface area contributed by atoms with Crippen LogP contribution in [0.25, 0.3) is 22.3 Å². The molecule has 0 aliphatic carbocycles. The molecule has 2 atom stereocenters. The Morgan fingerprint density at radius 3 is 2.86 bits per heavy atom. The summed E-state index contributed by atoms with van der Waals surface area (Å²) < 4.78 is 13.4. The summed E-state index contributed by atoms with van der Waals surface area (Å²) >= 11 is 0. The Balaban J connectivity index is 1.40. The van der Waals surface area contributed by atoms with Gasteiger partial charge < -0.3 is 24.0 Å². The van der Waals surface area contributed by atoms with Crippen LogP contribution in [0.2, 0.25) is 0 Å². The zero-order chi connectivity index (χ0) is 25.7. The summed E-state index contributed by atoms with van der Waals surface area (Å²) in [6.45, 7) is 8.09. The van der Waals surface area contributed by atoms with E-state index in [1.54, 1.807) is 17.6 Å². The van der Waals surface area contributed by atoms with E-state index in [1.165, 1.54) is 19.4 Å². The summed E-state index contributed by atoms with van der Waals surface area (Å²) in [7, 11) is 0. The number of hydrogen-bond acceptors (Lipinski definition) is 7. The second-order valence-electron chi connectivity index (χ2n) is 10.4. The number of carbonyl (C=O) groups is 1. The van der Waals surface area contributed by atoms with E-state index in [4.69, 9.17) is 14.5 Å². The number of pyridine rings is 2. The molecule has 1 aromatic carbocycles. The number of aliphatic hydroxyl groups is 1. The fraction of sp³-hybridized carbons (Fsp3) is 0.483. The summed E-state index contributed by atoms with van der Waals surface area (Å²) in [4.78, 5) is 33.4. The number of likely N-dealkylation sites (tertiary alicyclic amines) is 1. The second-order valence-corrected chi connectivity index (χ2v) is 10.4. The minimum absolute atomic E-state index is 0.116. The summed E-state index contributed by atoms with van der Waals surface area (Å²) in [6.07, 6.45) is 3.55. The molecule has 37 heavy (non-hydrogen) atoms. The Morgan fingerprint density at radius 2 is 2.05 bits per heavy atom. The van der Waals surface area contributed by atoms with Crippen molar-refractivity contribution >= 4 is 16.9 Å². The maximum absolute atomic E-state index is 13.6. The highest BCUT2D eigenvalue weighted by Gasteiger charge is 2.45. The van der Waals surface area contributed by atoms with Gasteiger partial charge in [-0.05, 0) is 62.9 Å². The van der Waals surface area contributed by atoms with Crippen LogP contribution in [0.4, 0.5) is 0 Å². The average molecular weight is 504 g/mol. The largest absolute Gasteiger partial charge is 0.492 e. The Hall–Kier alpha value is -3.23. The molecule has 1 saturated heterocycles. The highest BCUT2D eigenvalue weighted by atomic mass is 16.6. The quantitative estimate of drug-likeness (QED) is 0.402. The van der Waals surface area contributed by atoms with Crippen molar-refractivity contribution in [1.29, 1.82) is 0 Å². The van der Waals surface area contributed by atoms with Gasteiger partial charge in [0.05, 0.1) is 35.6 Å². The lowest BCUT2D eigenvalue weighted by Gasteiger charge is -2.31. The minimum Gasteiger partial charge on any atom is -0.492 e. The number of carbonyl (C=O) groups excluding carboxylic acids is 1. The SMILES string of the molecule is CCN1CCCC(CCOc2c3c(nc4ccccc24)-c2cc4c(c(=O)n2C3)COC(=O)[C@]4(O)CC)C1. The van der Waals surface area contributed by atoms with Crippen LogP contribution >= 0.6 is 0 Å². The van der Waals surface area contributed by atoms with Crippen molar-refractivity contribution in [2.75, 3.05) is 26.2 Å². The van der Waals surface area contributed by atoms with E-state index < -0.39 is 11.6 Å². The molecule has 0 saturated carbocycles. The summed E-state index contributed by atoms with van der Waals surface area (Å²) in [6, 6.07) is 9.62. The number of fused-ring (bicyclic) bond motifs is 5. The van der Waals surface area contributed by atoms with Crippen molar-refractivity contribution in [2.24, 2.45) is 5.92 Å². The van der Waals surface area contributed by atoms with E-state index >= 15 is 0 Å². The molecule has 2 aromatic heterocycles. The summed E-state index contributed by atoms with van der Waals surface area (Å²) in [5, 5.41) is 12.1. The van der Waals surface area contributed by atoms with Gasteiger partial charge in [-0.25, -0.2) is 9.78 Å². The Labute approximate surface area is 215 Å². The number of nitrogens with zero attached hydrogens (tertiary/aromatic N) is 3. The van der Waals surface area contributed by atoms with Crippen LogP contribution in [0.1, 0.15) is 56.2 Å². The third kappa shape index (κ3) is 3.85. The van der Waals surface area contributed by atoms with Crippen LogP contribution in [-0.2, 0) is 28.3 Å². The van der Waals surface area contributed by atoms with Crippen LogP contribution in [-0.4, -0.2) is 51.8 Å². The lowest BCUT2D eigenvalue weighted by Crippen LogP contribution is -2.44. The van der Waals surface area contributed by atoms with E-state index in [2.05, 4.69) is 11.8 Å². The number of ether oxygens (including phenoxy) is 2. The Kier molecular flexibility index (Phi) is 6.04. The molecule has 6 rings (SSSR count). The van der Waals surface area contributed by atoms with Gasteiger partial charge in [-0.15, -0.1) is 0 Å². The van der Waals surface area contributed by atoms with Crippen LogP contribution in [0.15, 0.2) is 35.1 Å².